The summed E-state index contributed by atoms with van der Waals surface area (Å²) in [5.74, 6) is -8.27. The molecule has 2 fully saturated rings. The van der Waals surface area contributed by atoms with Crippen LogP contribution >= 0.6 is 0 Å². The molecule has 2 aliphatic rings. The molecular formula is C22H28F9N3O6. The number of aliphatic carboxylic acids is 3. The van der Waals surface area contributed by atoms with Gasteiger partial charge in [-0.2, -0.15) is 39.5 Å². The molecule has 0 atom stereocenters. The normalized spacial score (nSPS) is 17.1. The van der Waals surface area contributed by atoms with E-state index >= 15 is 0 Å². The maximum atomic E-state index is 10.6. The van der Waals surface area contributed by atoms with Crippen molar-refractivity contribution in [1.82, 2.24) is 15.1 Å². The van der Waals surface area contributed by atoms with Crippen molar-refractivity contribution in [2.24, 2.45) is 0 Å². The number of halogens is 9. The number of rotatable bonds is 3. The summed E-state index contributed by atoms with van der Waals surface area (Å²) in [5.41, 5.74) is 1.45. The Morgan fingerprint density at radius 1 is 0.700 bits per heavy atom. The molecule has 0 unspecified atom stereocenters. The van der Waals surface area contributed by atoms with E-state index in [4.69, 9.17) is 29.7 Å². The number of hydrogen-bond acceptors (Lipinski definition) is 6. The first-order valence-electron chi connectivity index (χ1n) is 11.4. The predicted octanol–water partition coefficient (Wildman–Crippen LogP) is 3.46. The number of piperazine rings is 1. The summed E-state index contributed by atoms with van der Waals surface area (Å²) in [5, 5.41) is 24.8. The van der Waals surface area contributed by atoms with Gasteiger partial charge in [-0.3, -0.25) is 9.80 Å². The molecule has 0 aliphatic carbocycles. The van der Waals surface area contributed by atoms with Crippen LogP contribution in [0.4, 0.5) is 39.5 Å². The van der Waals surface area contributed by atoms with E-state index in [2.05, 4.69) is 45.4 Å². The second-order valence-corrected chi connectivity index (χ2v) is 8.19. The second kappa shape index (κ2) is 16.9. The fraction of sp³-hybridized carbons (Fsp3) is 0.591. The molecular weight excluding hydrogens is 573 g/mol. The maximum Gasteiger partial charge on any atom is 0.490 e. The van der Waals surface area contributed by atoms with Gasteiger partial charge in [0.1, 0.15) is 0 Å². The molecule has 0 bridgehead atoms. The molecule has 0 aromatic heterocycles. The van der Waals surface area contributed by atoms with E-state index in [1.54, 1.807) is 0 Å². The van der Waals surface area contributed by atoms with Gasteiger partial charge in [0.15, 0.2) is 0 Å². The second-order valence-electron chi connectivity index (χ2n) is 8.19. The Morgan fingerprint density at radius 3 is 1.38 bits per heavy atom. The van der Waals surface area contributed by atoms with Crippen LogP contribution in [0.15, 0.2) is 30.3 Å². The van der Waals surface area contributed by atoms with E-state index in [0.717, 1.165) is 12.6 Å². The van der Waals surface area contributed by atoms with Crippen LogP contribution in [0.1, 0.15) is 18.4 Å². The third kappa shape index (κ3) is 16.8. The molecule has 9 nitrogen and oxygen atoms in total. The highest BCUT2D eigenvalue weighted by Gasteiger charge is 2.39. The van der Waals surface area contributed by atoms with Crippen LogP contribution < -0.4 is 5.32 Å². The van der Waals surface area contributed by atoms with Crippen LogP contribution in [0.3, 0.4) is 0 Å². The van der Waals surface area contributed by atoms with Crippen molar-refractivity contribution < 1.29 is 69.2 Å². The zero-order valence-corrected chi connectivity index (χ0v) is 20.7. The molecule has 40 heavy (non-hydrogen) atoms. The van der Waals surface area contributed by atoms with Crippen molar-refractivity contribution in [3.63, 3.8) is 0 Å². The monoisotopic (exact) mass is 601 g/mol. The number of nitrogens with zero attached hydrogens (tertiary/aromatic N) is 2. The number of carbonyl (C=O) groups is 3. The Balaban J connectivity index is 0.000000603. The average molecular weight is 601 g/mol. The summed E-state index contributed by atoms with van der Waals surface area (Å²) in [7, 11) is 0. The number of carboxylic acids is 3. The Morgan fingerprint density at radius 2 is 1.05 bits per heavy atom. The number of hydrogen-bond donors (Lipinski definition) is 4. The third-order valence-corrected chi connectivity index (χ3v) is 5.20. The Hall–Kier alpha value is -3.12. The number of benzene rings is 1. The molecule has 4 N–H and O–H groups in total. The fourth-order valence-electron chi connectivity index (χ4n) is 3.33. The van der Waals surface area contributed by atoms with Crippen LogP contribution in [0.25, 0.3) is 0 Å². The van der Waals surface area contributed by atoms with Crippen LogP contribution in [0, 0.1) is 0 Å². The highest BCUT2D eigenvalue weighted by molar-refractivity contribution is 5.73. The first-order valence-corrected chi connectivity index (χ1v) is 11.4. The largest absolute Gasteiger partial charge is 0.490 e. The van der Waals surface area contributed by atoms with Crippen molar-refractivity contribution in [3.8, 4) is 0 Å². The maximum absolute atomic E-state index is 10.6. The first kappa shape index (κ1) is 36.9. The fourth-order valence-corrected chi connectivity index (χ4v) is 3.33. The molecule has 2 saturated heterocycles. The lowest BCUT2D eigenvalue weighted by Crippen LogP contribution is -2.51. The summed E-state index contributed by atoms with van der Waals surface area (Å²) in [6, 6.07) is 11.7. The highest BCUT2D eigenvalue weighted by Crippen LogP contribution is 2.19. The van der Waals surface area contributed by atoms with Gasteiger partial charge in [0.2, 0.25) is 0 Å². The summed E-state index contributed by atoms with van der Waals surface area (Å²) in [6.07, 6.45) is -12.6. The summed E-state index contributed by atoms with van der Waals surface area (Å²) >= 11 is 0. The van der Waals surface area contributed by atoms with Gasteiger partial charge in [0, 0.05) is 38.8 Å². The molecule has 2 aliphatic heterocycles. The lowest BCUT2D eigenvalue weighted by molar-refractivity contribution is -0.193. The molecule has 2 heterocycles. The van der Waals surface area contributed by atoms with Crippen LogP contribution in [0.5, 0.6) is 0 Å². The molecule has 230 valence electrons. The minimum atomic E-state index is -5.08. The van der Waals surface area contributed by atoms with Gasteiger partial charge in [-0.25, -0.2) is 14.4 Å². The molecule has 0 saturated carbocycles. The van der Waals surface area contributed by atoms with E-state index in [1.807, 2.05) is 0 Å². The molecule has 0 amide bonds. The van der Waals surface area contributed by atoms with E-state index in [0.29, 0.717) is 0 Å². The topological polar surface area (TPSA) is 130 Å². The van der Waals surface area contributed by atoms with Crippen molar-refractivity contribution in [2.75, 3.05) is 39.3 Å². The summed E-state index contributed by atoms with van der Waals surface area (Å²) < 4.78 is 95.2. The number of likely N-dealkylation sites (tertiary alicyclic amines) is 1. The molecule has 1 aromatic carbocycles. The van der Waals surface area contributed by atoms with E-state index in [1.165, 1.54) is 57.7 Å². The lowest BCUT2D eigenvalue weighted by Gasteiger charge is -2.40. The van der Waals surface area contributed by atoms with Crippen molar-refractivity contribution >= 4 is 17.9 Å². The molecule has 0 radical (unpaired) electrons. The Kier molecular flexibility index (Phi) is 15.5. The number of piperidine rings is 1. The van der Waals surface area contributed by atoms with Crippen molar-refractivity contribution in [2.45, 2.75) is 44.0 Å². The molecule has 0 spiro atoms. The summed E-state index contributed by atoms with van der Waals surface area (Å²) in [4.78, 5) is 32.0. The Labute approximate surface area is 222 Å². The SMILES string of the molecule is O=C(O)C(F)(F)F.O=C(O)C(F)(F)F.O=C(O)C(F)(F)F.c1ccc(CN2CCC(N3CCNCC3)CC2)cc1. The molecule has 1 aromatic rings. The number of alkyl halides is 9. The smallest absolute Gasteiger partial charge is 0.475 e. The quantitative estimate of drug-likeness (QED) is 0.385. The summed E-state index contributed by atoms with van der Waals surface area (Å²) in [6.45, 7) is 8.45. The van der Waals surface area contributed by atoms with Crippen molar-refractivity contribution in [3.05, 3.63) is 35.9 Å². The van der Waals surface area contributed by atoms with E-state index in [-0.39, 0.29) is 0 Å². The van der Waals surface area contributed by atoms with E-state index in [9.17, 15) is 39.5 Å². The predicted molar refractivity (Wildman–Crippen MR) is 120 cm³/mol. The molecule has 18 heteroatoms. The third-order valence-electron chi connectivity index (χ3n) is 5.20. The van der Waals surface area contributed by atoms with Gasteiger partial charge in [-0.1, -0.05) is 30.3 Å². The van der Waals surface area contributed by atoms with Gasteiger partial charge in [-0.15, -0.1) is 0 Å². The molecule has 3 rings (SSSR count). The van der Waals surface area contributed by atoms with Gasteiger partial charge in [0.25, 0.3) is 0 Å². The van der Waals surface area contributed by atoms with Gasteiger partial charge >= 0.3 is 36.4 Å². The number of nitrogens with one attached hydrogen (secondary N) is 1. The standard InChI is InChI=1S/C16H25N3.3C2HF3O2/c1-2-4-15(5-3-1)14-18-10-6-16(7-11-18)19-12-8-17-9-13-19;3*3-2(4,5)1(6)7/h1-5,16-17H,6-14H2;3*(H,6,7). The van der Waals surface area contributed by atoms with Gasteiger partial charge in [-0.05, 0) is 31.5 Å². The van der Waals surface area contributed by atoms with E-state index < -0.39 is 36.4 Å². The average Bonchev–Trinajstić information content (AvgIpc) is 2.85. The first-order chi connectivity index (χ1) is 18.2. The van der Waals surface area contributed by atoms with Gasteiger partial charge < -0.3 is 20.6 Å². The zero-order chi connectivity index (χ0) is 31.1. The lowest BCUT2D eigenvalue weighted by atomic mass is 10.0. The van der Waals surface area contributed by atoms with Gasteiger partial charge in [0.05, 0.1) is 0 Å². The minimum Gasteiger partial charge on any atom is -0.475 e. The Bertz CT molecular complexity index is 841. The zero-order valence-electron chi connectivity index (χ0n) is 20.7. The van der Waals surface area contributed by atoms with Crippen molar-refractivity contribution in [1.29, 1.82) is 0 Å². The minimum absolute atomic E-state index is 0.828. The van der Waals surface area contributed by atoms with Crippen LogP contribution in [0.2, 0.25) is 0 Å². The van der Waals surface area contributed by atoms with Crippen LogP contribution in [-0.4, -0.2) is 107 Å². The van der Waals surface area contributed by atoms with Crippen LogP contribution in [-0.2, 0) is 20.9 Å². The highest BCUT2D eigenvalue weighted by atomic mass is 19.4. The number of carboxylic acid groups (broad SMARTS) is 3.